The van der Waals surface area contributed by atoms with E-state index >= 15 is 0 Å². The third kappa shape index (κ3) is 3.76. The van der Waals surface area contributed by atoms with E-state index in [-0.39, 0.29) is 0 Å². The minimum Gasteiger partial charge on any atom is -0.456 e. The molecular formula is C43H29NO. The number of fused-ring (bicyclic) bond motifs is 6. The van der Waals surface area contributed by atoms with Crippen LogP contribution in [0.3, 0.4) is 0 Å². The molecule has 0 bridgehead atoms. The first-order chi connectivity index (χ1) is 22.3. The fourth-order valence-corrected chi connectivity index (χ4v) is 7.50. The molecule has 2 nitrogen and oxygen atoms in total. The highest BCUT2D eigenvalue weighted by Crippen LogP contribution is 2.58. The summed E-state index contributed by atoms with van der Waals surface area (Å²) >= 11 is 0. The molecule has 0 saturated heterocycles. The maximum Gasteiger partial charge on any atom is 0.140 e. The van der Waals surface area contributed by atoms with Crippen molar-refractivity contribution in [1.82, 2.24) is 0 Å². The highest BCUT2D eigenvalue weighted by Gasteiger charge is 2.48. The molecule has 1 aliphatic rings. The number of hydrogen-bond acceptors (Lipinski definition) is 2. The molecule has 9 rings (SSSR count). The lowest BCUT2D eigenvalue weighted by molar-refractivity contribution is 0.648. The van der Waals surface area contributed by atoms with Crippen LogP contribution in [-0.2, 0) is 5.41 Å². The predicted octanol–water partition coefficient (Wildman–Crippen LogP) is 11.4. The molecule has 0 amide bonds. The highest BCUT2D eigenvalue weighted by atomic mass is 16.3. The maximum atomic E-state index is 6.78. The number of anilines is 3. The van der Waals surface area contributed by atoms with Gasteiger partial charge in [0.2, 0.25) is 0 Å². The van der Waals surface area contributed by atoms with Gasteiger partial charge in [0.25, 0.3) is 0 Å². The standard InChI is InChI=1S/C43H29NO/c1-4-15-30(16-5-1)43(39-25-14-23-37-36-22-11-13-26-41(36)45-42(37)39)38-24-12-10-21-34(38)35-28-27-33(29-40(35)43)44(31-17-6-2-7-18-31)32-19-8-3-9-20-32/h1-29H. The zero-order valence-electron chi connectivity index (χ0n) is 24.6. The molecule has 0 aliphatic heterocycles. The average Bonchev–Trinajstić information content (AvgIpc) is 3.64. The van der Waals surface area contributed by atoms with Crippen LogP contribution in [0.5, 0.6) is 0 Å². The van der Waals surface area contributed by atoms with Crippen molar-refractivity contribution in [2.45, 2.75) is 5.41 Å². The van der Waals surface area contributed by atoms with Gasteiger partial charge in [-0.2, -0.15) is 0 Å². The van der Waals surface area contributed by atoms with E-state index in [4.69, 9.17) is 4.42 Å². The van der Waals surface area contributed by atoms with Gasteiger partial charge in [0, 0.05) is 33.4 Å². The smallest absolute Gasteiger partial charge is 0.140 e. The Morgan fingerprint density at radius 3 is 1.73 bits per heavy atom. The van der Waals surface area contributed by atoms with Gasteiger partial charge in [0.15, 0.2) is 0 Å². The van der Waals surface area contributed by atoms with Gasteiger partial charge in [-0.05, 0) is 70.3 Å². The second-order valence-electron chi connectivity index (χ2n) is 11.7. The molecular weight excluding hydrogens is 546 g/mol. The van der Waals surface area contributed by atoms with Crippen LogP contribution in [0.1, 0.15) is 22.3 Å². The first kappa shape index (κ1) is 25.6. The minimum atomic E-state index is -0.602. The molecule has 0 radical (unpaired) electrons. The second-order valence-corrected chi connectivity index (χ2v) is 11.7. The van der Waals surface area contributed by atoms with Gasteiger partial charge in [0.1, 0.15) is 11.2 Å². The summed E-state index contributed by atoms with van der Waals surface area (Å²) in [6.45, 7) is 0. The molecule has 1 aromatic heterocycles. The number of rotatable bonds is 5. The van der Waals surface area contributed by atoms with Crippen LogP contribution < -0.4 is 4.90 Å². The Morgan fingerprint density at radius 2 is 0.978 bits per heavy atom. The van der Waals surface area contributed by atoms with Gasteiger partial charge < -0.3 is 9.32 Å². The van der Waals surface area contributed by atoms with Crippen molar-refractivity contribution in [3.8, 4) is 11.1 Å². The Bertz CT molecular complexity index is 2280. The summed E-state index contributed by atoms with van der Waals surface area (Å²) < 4.78 is 6.78. The van der Waals surface area contributed by atoms with E-state index in [9.17, 15) is 0 Å². The normalized spacial score (nSPS) is 15.2. The molecule has 7 aromatic carbocycles. The zero-order chi connectivity index (χ0) is 29.8. The Balaban J connectivity index is 1.40. The summed E-state index contributed by atoms with van der Waals surface area (Å²) in [5.74, 6) is 0. The largest absolute Gasteiger partial charge is 0.456 e. The minimum absolute atomic E-state index is 0.602. The van der Waals surface area contributed by atoms with E-state index in [1.807, 2.05) is 6.07 Å². The summed E-state index contributed by atoms with van der Waals surface area (Å²) in [4.78, 5) is 2.35. The highest BCUT2D eigenvalue weighted by molar-refractivity contribution is 6.07. The summed E-state index contributed by atoms with van der Waals surface area (Å²) in [6.07, 6.45) is 0. The number of hydrogen-bond donors (Lipinski definition) is 0. The third-order valence-electron chi connectivity index (χ3n) is 9.33. The monoisotopic (exact) mass is 575 g/mol. The van der Waals surface area contributed by atoms with E-state index in [1.165, 1.54) is 27.8 Å². The fraction of sp³-hybridized carbons (Fsp3) is 0.0233. The lowest BCUT2D eigenvalue weighted by atomic mass is 9.67. The predicted molar refractivity (Wildman–Crippen MR) is 186 cm³/mol. The van der Waals surface area contributed by atoms with Gasteiger partial charge in [-0.3, -0.25) is 0 Å². The second kappa shape index (κ2) is 10.1. The Labute approximate surface area is 262 Å². The SMILES string of the molecule is c1ccc(N(c2ccccc2)c2ccc3c(c2)C(c2ccccc2)(c2cccc4c2oc2ccccc24)c2ccccc2-3)cc1. The van der Waals surface area contributed by atoms with Crippen LogP contribution in [0.25, 0.3) is 33.1 Å². The fourth-order valence-electron chi connectivity index (χ4n) is 7.50. The van der Waals surface area contributed by atoms with Crippen LogP contribution in [0.15, 0.2) is 180 Å². The molecule has 8 aromatic rings. The maximum absolute atomic E-state index is 6.78. The number of benzene rings is 7. The molecule has 1 heterocycles. The van der Waals surface area contributed by atoms with Crippen LogP contribution >= 0.6 is 0 Å². The van der Waals surface area contributed by atoms with Crippen molar-refractivity contribution in [3.63, 3.8) is 0 Å². The van der Waals surface area contributed by atoms with Crippen molar-refractivity contribution in [1.29, 1.82) is 0 Å². The van der Waals surface area contributed by atoms with Gasteiger partial charge in [0.05, 0.1) is 5.41 Å². The van der Waals surface area contributed by atoms with E-state index in [0.29, 0.717) is 0 Å². The molecule has 1 aliphatic carbocycles. The third-order valence-corrected chi connectivity index (χ3v) is 9.33. The first-order valence-electron chi connectivity index (χ1n) is 15.4. The Kier molecular flexibility index (Phi) is 5.76. The molecule has 45 heavy (non-hydrogen) atoms. The molecule has 0 saturated carbocycles. The number of furan rings is 1. The Morgan fingerprint density at radius 1 is 0.400 bits per heavy atom. The van der Waals surface area contributed by atoms with Crippen molar-refractivity contribution >= 4 is 39.0 Å². The van der Waals surface area contributed by atoms with Gasteiger partial charge >= 0.3 is 0 Å². The van der Waals surface area contributed by atoms with Crippen molar-refractivity contribution in [2.24, 2.45) is 0 Å². The lowest BCUT2D eigenvalue weighted by Gasteiger charge is -2.34. The summed E-state index contributed by atoms with van der Waals surface area (Å²) in [7, 11) is 0. The van der Waals surface area contributed by atoms with Crippen molar-refractivity contribution < 1.29 is 4.42 Å². The molecule has 0 N–H and O–H groups in total. The zero-order valence-corrected chi connectivity index (χ0v) is 24.6. The van der Waals surface area contributed by atoms with Crippen LogP contribution in [0.4, 0.5) is 17.1 Å². The quantitative estimate of drug-likeness (QED) is 0.203. The summed E-state index contributed by atoms with van der Waals surface area (Å²) in [6, 6.07) is 63.1. The van der Waals surface area contributed by atoms with Crippen molar-refractivity contribution in [2.75, 3.05) is 4.90 Å². The van der Waals surface area contributed by atoms with E-state index in [1.54, 1.807) is 0 Å². The summed E-state index contributed by atoms with van der Waals surface area (Å²) in [5.41, 5.74) is 11.9. The van der Waals surface area contributed by atoms with E-state index < -0.39 is 5.41 Å². The molecule has 1 unspecified atom stereocenters. The molecule has 212 valence electrons. The topological polar surface area (TPSA) is 16.4 Å². The number of para-hydroxylation sites is 4. The molecule has 1 atom stereocenters. The van der Waals surface area contributed by atoms with Crippen LogP contribution in [0, 0.1) is 0 Å². The summed E-state index contributed by atoms with van der Waals surface area (Å²) in [5, 5.41) is 2.27. The van der Waals surface area contributed by atoms with Crippen molar-refractivity contribution in [3.05, 3.63) is 198 Å². The van der Waals surface area contributed by atoms with Gasteiger partial charge in [-0.15, -0.1) is 0 Å². The van der Waals surface area contributed by atoms with Gasteiger partial charge in [-0.25, -0.2) is 0 Å². The Hall–Kier alpha value is -5.86. The molecule has 2 heteroatoms. The number of nitrogens with zero attached hydrogens (tertiary/aromatic N) is 1. The first-order valence-corrected chi connectivity index (χ1v) is 15.4. The van der Waals surface area contributed by atoms with Crippen LogP contribution in [-0.4, -0.2) is 0 Å². The van der Waals surface area contributed by atoms with Gasteiger partial charge in [-0.1, -0.05) is 133 Å². The van der Waals surface area contributed by atoms with E-state index in [0.717, 1.165) is 44.6 Å². The van der Waals surface area contributed by atoms with E-state index in [2.05, 4.69) is 175 Å². The van der Waals surface area contributed by atoms with Crippen LogP contribution in [0.2, 0.25) is 0 Å². The average molecular weight is 576 g/mol. The lowest BCUT2D eigenvalue weighted by Crippen LogP contribution is -2.29. The molecule has 0 fully saturated rings. The molecule has 0 spiro atoms.